The number of aromatic amines is 1. The van der Waals surface area contributed by atoms with Gasteiger partial charge in [-0.1, -0.05) is 0 Å². The predicted octanol–water partition coefficient (Wildman–Crippen LogP) is 0.802. The Labute approximate surface area is 148 Å². The van der Waals surface area contributed by atoms with Crippen molar-refractivity contribution in [2.75, 3.05) is 24.6 Å². The molecule has 2 N–H and O–H groups in total. The molecule has 1 aromatic rings. The van der Waals surface area contributed by atoms with Gasteiger partial charge in [-0.25, -0.2) is 8.42 Å². The number of hydrogen-bond donors (Lipinski definition) is 2. The minimum Gasteiger partial charge on any atom is -0.350 e. The first-order valence-electron chi connectivity index (χ1n) is 9.26. The molecule has 0 spiro atoms. The lowest BCUT2D eigenvalue weighted by atomic mass is 9.94. The minimum absolute atomic E-state index is 0.0279. The van der Waals surface area contributed by atoms with Crippen molar-refractivity contribution in [2.24, 2.45) is 5.92 Å². The van der Waals surface area contributed by atoms with Gasteiger partial charge in [0.05, 0.1) is 29.4 Å². The van der Waals surface area contributed by atoms with E-state index in [1.807, 2.05) is 0 Å². The second-order valence-corrected chi connectivity index (χ2v) is 9.91. The largest absolute Gasteiger partial charge is 0.350 e. The van der Waals surface area contributed by atoms with Crippen molar-refractivity contribution < 1.29 is 13.2 Å². The molecule has 1 saturated carbocycles. The molecule has 138 valence electrons. The van der Waals surface area contributed by atoms with E-state index in [0.29, 0.717) is 18.2 Å². The van der Waals surface area contributed by atoms with Gasteiger partial charge in [-0.3, -0.25) is 14.8 Å². The van der Waals surface area contributed by atoms with Crippen molar-refractivity contribution in [3.05, 3.63) is 17.5 Å². The van der Waals surface area contributed by atoms with E-state index in [1.165, 1.54) is 12.8 Å². The molecule has 7 nitrogen and oxygen atoms in total. The van der Waals surface area contributed by atoms with Gasteiger partial charge in [-0.05, 0) is 51.3 Å². The zero-order valence-electron chi connectivity index (χ0n) is 14.4. The van der Waals surface area contributed by atoms with Gasteiger partial charge in [0, 0.05) is 17.9 Å². The van der Waals surface area contributed by atoms with Crippen LogP contribution in [-0.2, 0) is 21.2 Å². The fraction of sp³-hybridized carbons (Fsp3) is 0.765. The third-order valence-corrected chi connectivity index (χ3v) is 7.47. The van der Waals surface area contributed by atoms with Crippen molar-refractivity contribution >= 4 is 15.7 Å². The SMILES string of the molecule is O=C(NCc1cc(C2CC2)n[nH]1)C1CCN(C2CCS(=O)(=O)C2)CC1. The van der Waals surface area contributed by atoms with Gasteiger partial charge < -0.3 is 5.32 Å². The van der Waals surface area contributed by atoms with Crippen LogP contribution < -0.4 is 5.32 Å². The number of aromatic nitrogens is 2. The highest BCUT2D eigenvalue weighted by Gasteiger charge is 2.35. The monoisotopic (exact) mass is 366 g/mol. The van der Waals surface area contributed by atoms with Crippen molar-refractivity contribution in [2.45, 2.75) is 50.6 Å². The Morgan fingerprint density at radius 2 is 2.00 bits per heavy atom. The smallest absolute Gasteiger partial charge is 0.223 e. The Balaban J connectivity index is 1.22. The summed E-state index contributed by atoms with van der Waals surface area (Å²) in [7, 11) is -2.84. The molecule has 3 fully saturated rings. The molecular formula is C17H26N4O3S. The summed E-state index contributed by atoms with van der Waals surface area (Å²) in [5.41, 5.74) is 2.08. The van der Waals surface area contributed by atoms with Crippen LogP contribution in [0.4, 0.5) is 0 Å². The lowest BCUT2D eigenvalue weighted by Gasteiger charge is -2.34. The third-order valence-electron chi connectivity index (χ3n) is 5.72. The van der Waals surface area contributed by atoms with E-state index >= 15 is 0 Å². The van der Waals surface area contributed by atoms with Gasteiger partial charge in [0.15, 0.2) is 9.84 Å². The van der Waals surface area contributed by atoms with E-state index in [9.17, 15) is 13.2 Å². The number of nitrogens with zero attached hydrogens (tertiary/aromatic N) is 2. The third kappa shape index (κ3) is 4.06. The van der Waals surface area contributed by atoms with Crippen LogP contribution in [0.25, 0.3) is 0 Å². The van der Waals surface area contributed by atoms with E-state index < -0.39 is 9.84 Å². The number of H-pyrrole nitrogens is 1. The molecule has 0 bridgehead atoms. The molecule has 1 aliphatic carbocycles. The molecule has 3 aliphatic rings. The van der Waals surface area contributed by atoms with E-state index in [1.54, 1.807) is 0 Å². The average molecular weight is 366 g/mol. The van der Waals surface area contributed by atoms with Gasteiger partial charge in [0.1, 0.15) is 0 Å². The summed E-state index contributed by atoms with van der Waals surface area (Å²) in [4.78, 5) is 14.7. The van der Waals surface area contributed by atoms with E-state index in [0.717, 1.165) is 43.7 Å². The lowest BCUT2D eigenvalue weighted by Crippen LogP contribution is -2.45. The second kappa shape index (κ2) is 6.72. The number of nitrogens with one attached hydrogen (secondary N) is 2. The molecular weight excluding hydrogens is 340 g/mol. The van der Waals surface area contributed by atoms with Gasteiger partial charge in [0.25, 0.3) is 0 Å². The van der Waals surface area contributed by atoms with Crippen LogP contribution in [0.15, 0.2) is 6.07 Å². The summed E-state index contributed by atoms with van der Waals surface area (Å²) in [6.45, 7) is 2.13. The maximum atomic E-state index is 12.4. The highest BCUT2D eigenvalue weighted by atomic mass is 32.2. The fourth-order valence-corrected chi connectivity index (χ4v) is 5.74. The van der Waals surface area contributed by atoms with Crippen molar-refractivity contribution in [1.29, 1.82) is 0 Å². The van der Waals surface area contributed by atoms with Gasteiger partial charge >= 0.3 is 0 Å². The van der Waals surface area contributed by atoms with Crippen LogP contribution in [0.3, 0.4) is 0 Å². The zero-order valence-corrected chi connectivity index (χ0v) is 15.2. The molecule has 0 radical (unpaired) electrons. The number of hydrogen-bond acceptors (Lipinski definition) is 5. The molecule has 1 unspecified atom stereocenters. The van der Waals surface area contributed by atoms with E-state index in [-0.39, 0.29) is 23.6 Å². The average Bonchev–Trinajstić information content (AvgIpc) is 3.23. The quantitative estimate of drug-likeness (QED) is 0.804. The maximum Gasteiger partial charge on any atom is 0.223 e. The summed E-state index contributed by atoms with van der Waals surface area (Å²) >= 11 is 0. The van der Waals surface area contributed by atoms with Crippen LogP contribution in [0.5, 0.6) is 0 Å². The zero-order chi connectivity index (χ0) is 17.4. The van der Waals surface area contributed by atoms with Gasteiger partial charge in [-0.2, -0.15) is 5.10 Å². The molecule has 3 heterocycles. The van der Waals surface area contributed by atoms with Crippen molar-refractivity contribution in [3.63, 3.8) is 0 Å². The maximum absolute atomic E-state index is 12.4. The van der Waals surface area contributed by atoms with Crippen LogP contribution in [0.2, 0.25) is 0 Å². The highest BCUT2D eigenvalue weighted by Crippen LogP contribution is 2.39. The number of piperidine rings is 1. The Morgan fingerprint density at radius 3 is 2.64 bits per heavy atom. The molecule has 2 aliphatic heterocycles. The fourth-order valence-electron chi connectivity index (χ4n) is 3.98. The number of rotatable bonds is 5. The predicted molar refractivity (Wildman–Crippen MR) is 93.8 cm³/mol. The van der Waals surface area contributed by atoms with Gasteiger partial charge in [0.2, 0.25) is 5.91 Å². The summed E-state index contributed by atoms with van der Waals surface area (Å²) in [5, 5.41) is 10.3. The van der Waals surface area contributed by atoms with E-state index in [2.05, 4.69) is 26.5 Å². The molecule has 1 atom stereocenters. The topological polar surface area (TPSA) is 95.2 Å². The van der Waals surface area contributed by atoms with Crippen LogP contribution >= 0.6 is 0 Å². The number of sulfone groups is 1. The molecule has 25 heavy (non-hydrogen) atoms. The van der Waals surface area contributed by atoms with Gasteiger partial charge in [-0.15, -0.1) is 0 Å². The number of amides is 1. The Morgan fingerprint density at radius 1 is 1.24 bits per heavy atom. The normalized spacial score (nSPS) is 27.4. The minimum atomic E-state index is -2.84. The number of likely N-dealkylation sites (tertiary alicyclic amines) is 1. The molecule has 1 amide bonds. The molecule has 8 heteroatoms. The van der Waals surface area contributed by atoms with Crippen LogP contribution in [0, 0.1) is 5.92 Å². The number of carbonyl (C=O) groups is 1. The first-order chi connectivity index (χ1) is 12.0. The van der Waals surface area contributed by atoms with Crippen molar-refractivity contribution in [3.8, 4) is 0 Å². The molecule has 2 saturated heterocycles. The van der Waals surface area contributed by atoms with E-state index in [4.69, 9.17) is 0 Å². The van der Waals surface area contributed by atoms with Crippen LogP contribution in [0.1, 0.15) is 49.4 Å². The van der Waals surface area contributed by atoms with Crippen molar-refractivity contribution in [1.82, 2.24) is 20.4 Å². The number of carbonyl (C=O) groups excluding carboxylic acids is 1. The first-order valence-corrected chi connectivity index (χ1v) is 11.1. The standard InChI is InChI=1S/C17H26N4O3S/c22-17(18-10-14-9-16(20-19-14)12-1-2-12)13-3-6-21(7-4-13)15-5-8-25(23,24)11-15/h9,12-13,15H,1-8,10-11H2,(H,18,22)(H,19,20). The lowest BCUT2D eigenvalue weighted by molar-refractivity contribution is -0.126. The summed E-state index contributed by atoms with van der Waals surface area (Å²) in [6.07, 6.45) is 4.79. The second-order valence-electron chi connectivity index (χ2n) is 7.68. The highest BCUT2D eigenvalue weighted by molar-refractivity contribution is 7.91. The Bertz CT molecular complexity index is 733. The molecule has 1 aromatic heterocycles. The molecule has 0 aromatic carbocycles. The molecule has 4 rings (SSSR count). The Kier molecular flexibility index (Phi) is 4.58. The Hall–Kier alpha value is -1.41. The summed E-state index contributed by atoms with van der Waals surface area (Å²) in [6, 6.07) is 2.21. The summed E-state index contributed by atoms with van der Waals surface area (Å²) in [5.74, 6) is 1.34. The summed E-state index contributed by atoms with van der Waals surface area (Å²) < 4.78 is 23.2. The van der Waals surface area contributed by atoms with Crippen LogP contribution in [-0.4, -0.2) is 60.1 Å². The first kappa shape index (κ1) is 17.0.